The number of hydrogen-bond acceptors (Lipinski definition) is 5. The van der Waals surface area contributed by atoms with Gasteiger partial charge in [0.15, 0.2) is 5.60 Å². The second kappa shape index (κ2) is 7.59. The second-order valence-corrected chi connectivity index (χ2v) is 7.42. The van der Waals surface area contributed by atoms with Crippen molar-refractivity contribution >= 4 is 17.2 Å². The van der Waals surface area contributed by atoms with E-state index in [1.165, 1.54) is 12.1 Å². The van der Waals surface area contributed by atoms with Crippen molar-refractivity contribution in [2.45, 2.75) is 38.5 Å². The first-order chi connectivity index (χ1) is 12.0. The predicted molar refractivity (Wildman–Crippen MR) is 94.6 cm³/mol. The molecule has 0 radical (unpaired) electrons. The Bertz CT molecular complexity index is 734. The smallest absolute Gasteiger partial charge is 0.256 e. The minimum Gasteiger partial charge on any atom is -0.379 e. The molecular formula is C18H22FN3O2S. The van der Waals surface area contributed by atoms with E-state index in [2.05, 4.69) is 10.3 Å². The maximum atomic E-state index is 13.0. The average molecular weight is 363 g/mol. The molecule has 2 aromatic rings. The van der Waals surface area contributed by atoms with Gasteiger partial charge in [-0.1, -0.05) is 12.1 Å². The fourth-order valence-corrected chi connectivity index (χ4v) is 3.79. The third-order valence-corrected chi connectivity index (χ3v) is 5.32. The summed E-state index contributed by atoms with van der Waals surface area (Å²) in [6.07, 6.45) is 1.18. The molecule has 0 bridgehead atoms. The van der Waals surface area contributed by atoms with Crippen molar-refractivity contribution < 1.29 is 14.3 Å². The molecule has 7 heteroatoms. The van der Waals surface area contributed by atoms with Crippen molar-refractivity contribution in [3.05, 3.63) is 51.7 Å². The Hall–Kier alpha value is -1.83. The molecule has 1 aromatic heterocycles. The molecule has 0 unspecified atom stereocenters. The molecule has 2 heterocycles. The summed E-state index contributed by atoms with van der Waals surface area (Å²) in [6.45, 7) is 3.65. The minimum absolute atomic E-state index is 0.199. The lowest BCUT2D eigenvalue weighted by atomic mass is 9.91. The molecule has 1 atom stereocenters. The molecular weight excluding hydrogens is 341 g/mol. The Morgan fingerprint density at radius 1 is 1.40 bits per heavy atom. The highest BCUT2D eigenvalue weighted by Gasteiger charge is 2.41. The van der Waals surface area contributed by atoms with E-state index in [4.69, 9.17) is 0 Å². The van der Waals surface area contributed by atoms with E-state index in [0.29, 0.717) is 26.1 Å². The average Bonchev–Trinajstić information content (AvgIpc) is 2.99. The van der Waals surface area contributed by atoms with Crippen LogP contribution in [0.15, 0.2) is 29.6 Å². The van der Waals surface area contributed by atoms with Crippen LogP contribution in [-0.4, -0.2) is 39.6 Å². The Balaban J connectivity index is 1.58. The lowest BCUT2D eigenvalue weighted by Gasteiger charge is -2.38. The number of piperidine rings is 1. The van der Waals surface area contributed by atoms with Gasteiger partial charge < -0.3 is 15.3 Å². The first-order valence-corrected chi connectivity index (χ1v) is 9.22. The summed E-state index contributed by atoms with van der Waals surface area (Å²) in [5, 5.41) is 16.8. The molecule has 25 heavy (non-hydrogen) atoms. The Labute approximate surface area is 150 Å². The van der Waals surface area contributed by atoms with Crippen molar-refractivity contribution in [2.24, 2.45) is 0 Å². The highest BCUT2D eigenvalue weighted by Crippen LogP contribution is 2.24. The first kappa shape index (κ1) is 18.0. The normalized spacial score (nSPS) is 20.9. The molecule has 0 aliphatic carbocycles. The van der Waals surface area contributed by atoms with Crippen LogP contribution in [0, 0.1) is 12.7 Å². The molecule has 2 N–H and O–H groups in total. The second-order valence-electron chi connectivity index (χ2n) is 6.47. The summed E-state index contributed by atoms with van der Waals surface area (Å²) in [6, 6.07) is 6.10. The molecule has 1 fully saturated rings. The highest BCUT2D eigenvalue weighted by molar-refractivity contribution is 7.09. The van der Waals surface area contributed by atoms with Crippen LogP contribution < -0.4 is 5.32 Å². The van der Waals surface area contributed by atoms with Gasteiger partial charge in [0.1, 0.15) is 10.8 Å². The number of aryl methyl sites for hydroxylation is 1. The molecule has 1 aliphatic heterocycles. The number of carbonyl (C=O) groups excluding carboxylic acids is 1. The van der Waals surface area contributed by atoms with Crippen LogP contribution in [-0.2, 0) is 17.9 Å². The van der Waals surface area contributed by atoms with Gasteiger partial charge in [-0.2, -0.15) is 0 Å². The summed E-state index contributed by atoms with van der Waals surface area (Å²) in [7, 11) is 0. The first-order valence-electron chi connectivity index (χ1n) is 8.34. The number of amides is 1. The lowest BCUT2D eigenvalue weighted by molar-refractivity contribution is -0.157. The summed E-state index contributed by atoms with van der Waals surface area (Å²) < 4.78 is 13.0. The fraction of sp³-hybridized carbons (Fsp3) is 0.444. The summed E-state index contributed by atoms with van der Waals surface area (Å²) in [5.41, 5.74) is 0.426. The Kier molecular flexibility index (Phi) is 5.46. The standard InChI is InChI=1S/C18H22FN3O2S/c1-13-11-25-16(21-13)9-20-12-18(24)7-2-8-22(17(18)23)10-14-3-5-15(19)6-4-14/h3-6,11,20,24H,2,7-10,12H2,1H3/t18-/m1/s1. The van der Waals surface area contributed by atoms with Crippen LogP contribution in [0.4, 0.5) is 4.39 Å². The van der Waals surface area contributed by atoms with Gasteiger partial charge in [0.25, 0.3) is 5.91 Å². The molecule has 5 nitrogen and oxygen atoms in total. The SMILES string of the molecule is Cc1csc(CNC[C@]2(O)CCCN(Cc3ccc(F)cc3)C2=O)n1. The van der Waals surface area contributed by atoms with E-state index in [0.717, 1.165) is 22.7 Å². The van der Waals surface area contributed by atoms with E-state index in [1.807, 2.05) is 12.3 Å². The molecule has 0 saturated carbocycles. The molecule has 134 valence electrons. The van der Waals surface area contributed by atoms with Crippen LogP contribution in [0.1, 0.15) is 29.1 Å². The van der Waals surface area contributed by atoms with Gasteiger partial charge in [0, 0.05) is 37.3 Å². The molecule has 3 rings (SSSR count). The van der Waals surface area contributed by atoms with Gasteiger partial charge >= 0.3 is 0 Å². The van der Waals surface area contributed by atoms with E-state index in [-0.39, 0.29) is 18.3 Å². The van der Waals surface area contributed by atoms with Crippen molar-refractivity contribution in [3.8, 4) is 0 Å². The van der Waals surface area contributed by atoms with E-state index < -0.39 is 5.60 Å². The molecule has 1 saturated heterocycles. The van der Waals surface area contributed by atoms with Gasteiger partial charge in [-0.05, 0) is 37.5 Å². The van der Waals surface area contributed by atoms with Crippen molar-refractivity contribution in [1.82, 2.24) is 15.2 Å². The molecule has 1 amide bonds. The predicted octanol–water partition coefficient (Wildman–Crippen LogP) is 2.23. The van der Waals surface area contributed by atoms with Crippen LogP contribution in [0.5, 0.6) is 0 Å². The Morgan fingerprint density at radius 2 is 2.16 bits per heavy atom. The molecule has 1 aromatic carbocycles. The van der Waals surface area contributed by atoms with Crippen molar-refractivity contribution in [1.29, 1.82) is 0 Å². The maximum absolute atomic E-state index is 13.0. The lowest BCUT2D eigenvalue weighted by Crippen LogP contribution is -2.57. The highest BCUT2D eigenvalue weighted by atomic mass is 32.1. The molecule has 0 spiro atoms. The number of nitrogens with one attached hydrogen (secondary N) is 1. The third-order valence-electron chi connectivity index (χ3n) is 4.35. The number of hydrogen-bond donors (Lipinski definition) is 2. The number of aromatic nitrogens is 1. The van der Waals surface area contributed by atoms with Crippen LogP contribution >= 0.6 is 11.3 Å². The maximum Gasteiger partial charge on any atom is 0.256 e. The zero-order valence-corrected chi connectivity index (χ0v) is 15.0. The fourth-order valence-electron chi connectivity index (χ4n) is 3.05. The summed E-state index contributed by atoms with van der Waals surface area (Å²) >= 11 is 1.56. The van der Waals surface area contributed by atoms with Gasteiger partial charge in [-0.3, -0.25) is 4.79 Å². The number of rotatable bonds is 6. The monoisotopic (exact) mass is 363 g/mol. The number of likely N-dealkylation sites (tertiary alicyclic amines) is 1. The summed E-state index contributed by atoms with van der Waals surface area (Å²) in [5.74, 6) is -0.572. The number of nitrogens with zero attached hydrogens (tertiary/aromatic N) is 2. The third kappa shape index (κ3) is 4.42. The minimum atomic E-state index is -1.40. The van der Waals surface area contributed by atoms with Crippen molar-refractivity contribution in [2.75, 3.05) is 13.1 Å². The molecule has 1 aliphatic rings. The topological polar surface area (TPSA) is 65.5 Å². The van der Waals surface area contributed by atoms with E-state index >= 15 is 0 Å². The largest absolute Gasteiger partial charge is 0.379 e. The van der Waals surface area contributed by atoms with Crippen LogP contribution in [0.2, 0.25) is 0 Å². The number of carbonyl (C=O) groups is 1. The summed E-state index contributed by atoms with van der Waals surface area (Å²) in [4.78, 5) is 18.7. The Morgan fingerprint density at radius 3 is 2.84 bits per heavy atom. The van der Waals surface area contributed by atoms with Gasteiger partial charge in [-0.25, -0.2) is 9.37 Å². The van der Waals surface area contributed by atoms with Gasteiger partial charge in [-0.15, -0.1) is 11.3 Å². The quantitative estimate of drug-likeness (QED) is 0.826. The van der Waals surface area contributed by atoms with Crippen LogP contribution in [0.25, 0.3) is 0 Å². The van der Waals surface area contributed by atoms with Crippen molar-refractivity contribution in [3.63, 3.8) is 0 Å². The van der Waals surface area contributed by atoms with Gasteiger partial charge in [0.2, 0.25) is 0 Å². The number of aliphatic hydroxyl groups is 1. The van der Waals surface area contributed by atoms with E-state index in [1.54, 1.807) is 28.4 Å². The van der Waals surface area contributed by atoms with Gasteiger partial charge in [0.05, 0.1) is 0 Å². The zero-order valence-electron chi connectivity index (χ0n) is 14.2. The number of thiazole rings is 1. The van der Waals surface area contributed by atoms with E-state index in [9.17, 15) is 14.3 Å². The number of halogens is 1. The number of benzene rings is 1. The zero-order chi connectivity index (χ0) is 17.9. The van der Waals surface area contributed by atoms with Crippen LogP contribution in [0.3, 0.4) is 0 Å².